The first-order chi connectivity index (χ1) is 7.36. The summed E-state index contributed by atoms with van der Waals surface area (Å²) >= 11 is 5.53. The molecule has 1 aromatic carbocycles. The zero-order valence-electron chi connectivity index (χ0n) is 9.49. The average Bonchev–Trinajstić information content (AvgIpc) is 2.17. The molecule has 0 bridgehead atoms. The summed E-state index contributed by atoms with van der Waals surface area (Å²) in [4.78, 5) is 14.4. The molecule has 0 fully saturated rings. The largest absolute Gasteiger partial charge is 0.508 e. The van der Waals surface area contributed by atoms with E-state index in [0.29, 0.717) is 5.56 Å². The van der Waals surface area contributed by atoms with Gasteiger partial charge in [-0.15, -0.1) is 4.94 Å². The molecule has 0 atom stereocenters. The van der Waals surface area contributed by atoms with E-state index in [9.17, 15) is 4.79 Å². The highest BCUT2D eigenvalue weighted by molar-refractivity contribution is 6.14. The van der Waals surface area contributed by atoms with Gasteiger partial charge in [0.05, 0.1) is 5.54 Å². The predicted molar refractivity (Wildman–Crippen MR) is 63.0 cm³/mol. The number of phenolic OH excluding ortho intramolecular Hbond substituents is 1. The van der Waals surface area contributed by atoms with Gasteiger partial charge in [0, 0.05) is 5.56 Å². The quantitative estimate of drug-likeness (QED) is 0.618. The molecule has 1 rings (SSSR count). The highest BCUT2D eigenvalue weighted by Gasteiger charge is 2.26. The molecule has 0 aliphatic rings. The van der Waals surface area contributed by atoms with Gasteiger partial charge in [-0.25, -0.2) is 0 Å². The van der Waals surface area contributed by atoms with Crippen molar-refractivity contribution in [1.29, 1.82) is 0 Å². The van der Waals surface area contributed by atoms with Crippen LogP contribution in [0, 0.1) is 0 Å². The van der Waals surface area contributed by atoms with E-state index in [1.54, 1.807) is 12.1 Å². The fourth-order valence-electron chi connectivity index (χ4n) is 1.20. The van der Waals surface area contributed by atoms with Crippen molar-refractivity contribution in [3.63, 3.8) is 0 Å². The molecule has 0 spiro atoms. The Kier molecular flexibility index (Phi) is 3.78. The molecule has 0 heterocycles. The number of hydrogen-bond donors (Lipinski definition) is 2. The maximum Gasteiger partial charge on any atom is 0.269 e. The van der Waals surface area contributed by atoms with Crippen LogP contribution in [0.4, 0.5) is 0 Å². The van der Waals surface area contributed by atoms with Crippen molar-refractivity contribution in [2.75, 3.05) is 0 Å². The first-order valence-electron chi connectivity index (χ1n) is 4.86. The Morgan fingerprint density at radius 1 is 1.31 bits per heavy atom. The SMILES string of the molecule is CC(C)(C)N(NCl)C(=O)c1ccc(O)cc1. The van der Waals surface area contributed by atoms with Gasteiger partial charge in [-0.1, -0.05) is 0 Å². The smallest absolute Gasteiger partial charge is 0.269 e. The van der Waals surface area contributed by atoms with Gasteiger partial charge in [-0.3, -0.25) is 9.80 Å². The number of aromatic hydroxyl groups is 1. The molecule has 0 saturated heterocycles. The lowest BCUT2D eigenvalue weighted by Crippen LogP contribution is -2.50. The Morgan fingerprint density at radius 2 is 1.81 bits per heavy atom. The summed E-state index contributed by atoms with van der Waals surface area (Å²) in [7, 11) is 0. The zero-order chi connectivity index (χ0) is 12.3. The van der Waals surface area contributed by atoms with E-state index in [4.69, 9.17) is 16.9 Å². The second-order valence-electron chi connectivity index (χ2n) is 4.44. The highest BCUT2D eigenvalue weighted by atomic mass is 35.5. The van der Waals surface area contributed by atoms with Crippen LogP contribution in [0.2, 0.25) is 0 Å². The Morgan fingerprint density at radius 3 is 2.19 bits per heavy atom. The maximum atomic E-state index is 12.0. The molecule has 1 aromatic rings. The molecule has 16 heavy (non-hydrogen) atoms. The molecule has 0 aliphatic heterocycles. The summed E-state index contributed by atoms with van der Waals surface area (Å²) in [5, 5.41) is 10.4. The molecule has 0 unspecified atom stereocenters. The minimum absolute atomic E-state index is 0.123. The fourth-order valence-corrected chi connectivity index (χ4v) is 1.53. The number of halogens is 1. The van der Waals surface area contributed by atoms with E-state index in [1.165, 1.54) is 17.1 Å². The molecule has 1 amide bonds. The van der Waals surface area contributed by atoms with Crippen molar-refractivity contribution in [2.45, 2.75) is 26.3 Å². The number of carbonyl (C=O) groups excluding carboxylic acids is 1. The van der Waals surface area contributed by atoms with Crippen molar-refractivity contribution in [3.8, 4) is 5.75 Å². The Bertz CT molecular complexity index is 371. The van der Waals surface area contributed by atoms with Crippen LogP contribution in [0.3, 0.4) is 0 Å². The summed E-state index contributed by atoms with van der Waals surface area (Å²) in [5.41, 5.74) is 0.0253. The minimum Gasteiger partial charge on any atom is -0.508 e. The van der Waals surface area contributed by atoms with E-state index in [-0.39, 0.29) is 11.7 Å². The van der Waals surface area contributed by atoms with E-state index in [1.807, 2.05) is 20.8 Å². The lowest BCUT2D eigenvalue weighted by atomic mass is 10.1. The molecule has 0 radical (unpaired) electrons. The molecule has 5 heteroatoms. The topological polar surface area (TPSA) is 52.6 Å². The second-order valence-corrected chi connectivity index (χ2v) is 4.61. The maximum absolute atomic E-state index is 12.0. The van der Waals surface area contributed by atoms with Gasteiger partial charge in [-0.05, 0) is 56.8 Å². The van der Waals surface area contributed by atoms with Gasteiger partial charge in [0.1, 0.15) is 5.75 Å². The minimum atomic E-state index is -0.434. The first-order valence-corrected chi connectivity index (χ1v) is 5.24. The standard InChI is InChI=1S/C11H15ClN2O2/c1-11(2,3)14(13-12)10(16)8-4-6-9(15)7-5-8/h4-7,13,15H,1-3H3. The summed E-state index contributed by atoms with van der Waals surface area (Å²) < 4.78 is 0. The number of hydrogen-bond acceptors (Lipinski definition) is 3. The molecule has 4 nitrogen and oxygen atoms in total. The Balaban J connectivity index is 2.96. The number of benzene rings is 1. The Hall–Kier alpha value is -1.26. The summed E-state index contributed by atoms with van der Waals surface area (Å²) in [6, 6.07) is 6.01. The number of nitrogens with zero attached hydrogens (tertiary/aromatic N) is 1. The molecule has 0 aliphatic carbocycles. The van der Waals surface area contributed by atoms with E-state index < -0.39 is 5.54 Å². The predicted octanol–water partition coefficient (Wildman–Crippen LogP) is 2.29. The van der Waals surface area contributed by atoms with E-state index in [0.717, 1.165) is 0 Å². The monoisotopic (exact) mass is 242 g/mol. The summed E-state index contributed by atoms with van der Waals surface area (Å²) in [5.74, 6) is -0.125. The van der Waals surface area contributed by atoms with Crippen molar-refractivity contribution in [3.05, 3.63) is 29.8 Å². The van der Waals surface area contributed by atoms with Gasteiger partial charge >= 0.3 is 0 Å². The Labute approximate surface area is 99.9 Å². The van der Waals surface area contributed by atoms with Crippen LogP contribution in [-0.2, 0) is 0 Å². The summed E-state index contributed by atoms with van der Waals surface area (Å²) in [6.07, 6.45) is 0. The van der Waals surface area contributed by atoms with Crippen molar-refractivity contribution in [1.82, 2.24) is 9.95 Å². The molecule has 0 saturated carbocycles. The van der Waals surface area contributed by atoms with Crippen LogP contribution in [-0.4, -0.2) is 21.6 Å². The zero-order valence-corrected chi connectivity index (χ0v) is 10.2. The van der Waals surface area contributed by atoms with Crippen molar-refractivity contribution in [2.24, 2.45) is 0 Å². The van der Waals surface area contributed by atoms with Gasteiger partial charge in [-0.2, -0.15) is 0 Å². The van der Waals surface area contributed by atoms with Gasteiger partial charge < -0.3 is 5.11 Å². The molecule has 2 N–H and O–H groups in total. The lowest BCUT2D eigenvalue weighted by molar-refractivity contribution is 0.0516. The van der Waals surface area contributed by atoms with Crippen LogP contribution < -0.4 is 4.94 Å². The number of nitrogens with one attached hydrogen (secondary N) is 1. The average molecular weight is 243 g/mol. The summed E-state index contributed by atoms with van der Waals surface area (Å²) in [6.45, 7) is 5.59. The fraction of sp³-hybridized carbons (Fsp3) is 0.364. The third kappa shape index (κ3) is 2.87. The van der Waals surface area contributed by atoms with Crippen LogP contribution in [0.25, 0.3) is 0 Å². The van der Waals surface area contributed by atoms with Crippen LogP contribution >= 0.6 is 11.8 Å². The van der Waals surface area contributed by atoms with Crippen LogP contribution in [0.15, 0.2) is 24.3 Å². The van der Waals surface area contributed by atoms with E-state index in [2.05, 4.69) is 4.94 Å². The third-order valence-electron chi connectivity index (χ3n) is 2.07. The molecule has 0 aromatic heterocycles. The van der Waals surface area contributed by atoms with E-state index >= 15 is 0 Å². The number of hydrazine groups is 1. The second kappa shape index (κ2) is 4.72. The number of rotatable bonds is 2. The lowest BCUT2D eigenvalue weighted by Gasteiger charge is -2.33. The number of carbonyl (C=O) groups is 1. The normalized spacial score (nSPS) is 11.2. The van der Waals surface area contributed by atoms with Crippen molar-refractivity contribution < 1.29 is 9.90 Å². The third-order valence-corrected chi connectivity index (χ3v) is 2.24. The van der Waals surface area contributed by atoms with Crippen LogP contribution in [0.1, 0.15) is 31.1 Å². The van der Waals surface area contributed by atoms with Crippen LogP contribution in [0.5, 0.6) is 5.75 Å². The molecular weight excluding hydrogens is 228 g/mol. The van der Waals surface area contributed by atoms with Gasteiger partial charge in [0.15, 0.2) is 0 Å². The highest BCUT2D eigenvalue weighted by Crippen LogP contribution is 2.17. The molecule has 88 valence electrons. The number of phenols is 1. The number of amides is 1. The van der Waals surface area contributed by atoms with Gasteiger partial charge in [0.2, 0.25) is 0 Å². The first kappa shape index (κ1) is 12.8. The van der Waals surface area contributed by atoms with Gasteiger partial charge in [0.25, 0.3) is 5.91 Å². The van der Waals surface area contributed by atoms with Crippen molar-refractivity contribution >= 4 is 17.7 Å². The molecular formula is C11H15ClN2O2.